The lowest BCUT2D eigenvalue weighted by molar-refractivity contribution is -0.149. The van der Waals surface area contributed by atoms with Gasteiger partial charge in [0.05, 0.1) is 25.2 Å². The van der Waals surface area contributed by atoms with Gasteiger partial charge in [-0.3, -0.25) is 9.63 Å². The molecule has 0 bridgehead atoms. The lowest BCUT2D eigenvalue weighted by Gasteiger charge is -2.34. The smallest absolute Gasteiger partial charge is 0.310 e. The molecule has 0 N–H and O–H groups in total. The Hall–Kier alpha value is -0.900. The molecule has 3 atom stereocenters. The lowest BCUT2D eigenvalue weighted by Crippen LogP contribution is -2.48. The Kier molecular flexibility index (Phi) is 6.89. The zero-order valence-electron chi connectivity index (χ0n) is 15.8. The predicted octanol–water partition coefficient (Wildman–Crippen LogP) is 2.89. The molecular formula is C18H24Cl2N2O5S. The van der Waals surface area contributed by atoms with Gasteiger partial charge in [-0.05, 0) is 37.5 Å². The molecule has 2 heterocycles. The maximum atomic E-state index is 13.4. The molecule has 1 aromatic rings. The molecule has 0 spiro atoms. The molecule has 2 fully saturated rings. The molecule has 3 rings (SSSR count). The Morgan fingerprint density at radius 1 is 1.36 bits per heavy atom. The van der Waals surface area contributed by atoms with Crippen LogP contribution in [0.5, 0.6) is 0 Å². The van der Waals surface area contributed by atoms with E-state index in [-0.39, 0.29) is 25.7 Å². The van der Waals surface area contributed by atoms with E-state index in [0.717, 1.165) is 0 Å². The number of hydroxylamine groups is 2. The number of carbonyl (C=O) groups excluding carboxylic acids is 1. The molecule has 0 amide bonds. The van der Waals surface area contributed by atoms with Gasteiger partial charge in [0.1, 0.15) is 5.25 Å². The van der Waals surface area contributed by atoms with Crippen molar-refractivity contribution in [3.05, 3.63) is 33.8 Å². The first-order chi connectivity index (χ1) is 13.3. The highest BCUT2D eigenvalue weighted by Gasteiger charge is 2.47. The van der Waals surface area contributed by atoms with Gasteiger partial charge in [-0.15, -0.1) is 0 Å². The third-order valence-corrected chi connectivity index (χ3v) is 7.99. The van der Waals surface area contributed by atoms with Crippen molar-refractivity contribution in [1.82, 2.24) is 9.37 Å². The molecule has 2 aliphatic rings. The summed E-state index contributed by atoms with van der Waals surface area (Å²) in [6.45, 7) is 2.53. The highest BCUT2D eigenvalue weighted by Crippen LogP contribution is 2.39. The van der Waals surface area contributed by atoms with Crippen molar-refractivity contribution in [2.75, 3.05) is 33.4 Å². The summed E-state index contributed by atoms with van der Waals surface area (Å²) in [5, 5.41) is 1.54. The van der Waals surface area contributed by atoms with Crippen LogP contribution in [0.4, 0.5) is 0 Å². The molecule has 0 aliphatic carbocycles. The predicted molar refractivity (Wildman–Crippen MR) is 107 cm³/mol. The molecule has 0 radical (unpaired) electrons. The number of esters is 1. The van der Waals surface area contributed by atoms with Crippen LogP contribution in [-0.4, -0.2) is 62.4 Å². The molecule has 0 saturated carbocycles. The largest absolute Gasteiger partial charge is 0.466 e. The quantitative estimate of drug-likeness (QED) is 0.641. The molecular weight excluding hydrogens is 427 g/mol. The average molecular weight is 451 g/mol. The Bertz CT molecular complexity index is 835. The van der Waals surface area contributed by atoms with Crippen molar-refractivity contribution in [3.63, 3.8) is 0 Å². The van der Waals surface area contributed by atoms with Crippen molar-refractivity contribution >= 4 is 39.2 Å². The zero-order chi connectivity index (χ0) is 20.5. The molecule has 28 heavy (non-hydrogen) atoms. The summed E-state index contributed by atoms with van der Waals surface area (Å²) in [6, 6.07) is 4.42. The Balaban J connectivity index is 1.86. The second-order valence-electron chi connectivity index (χ2n) is 6.99. The molecule has 156 valence electrons. The van der Waals surface area contributed by atoms with Gasteiger partial charge >= 0.3 is 5.97 Å². The topological polar surface area (TPSA) is 76.1 Å². The fourth-order valence-electron chi connectivity index (χ4n) is 3.80. The minimum atomic E-state index is -3.73. The highest BCUT2D eigenvalue weighted by molar-refractivity contribution is 7.89. The number of ether oxygens (including phenoxy) is 1. The molecule has 7 nitrogen and oxygen atoms in total. The van der Waals surface area contributed by atoms with Crippen LogP contribution in [0.2, 0.25) is 10.0 Å². The van der Waals surface area contributed by atoms with Crippen LogP contribution in [0, 0.1) is 5.92 Å². The molecule has 2 saturated heterocycles. The number of rotatable bonds is 5. The van der Waals surface area contributed by atoms with Gasteiger partial charge in [-0.25, -0.2) is 12.7 Å². The summed E-state index contributed by atoms with van der Waals surface area (Å²) in [5.41, 5.74) is 0.638. The van der Waals surface area contributed by atoms with Crippen LogP contribution in [0.25, 0.3) is 0 Å². The number of sulfonamides is 1. The number of hydrogen-bond donors (Lipinski definition) is 0. The van der Waals surface area contributed by atoms with E-state index < -0.39 is 27.2 Å². The molecule has 3 unspecified atom stereocenters. The normalized spacial score (nSPS) is 27.1. The SMILES string of the molecule is CCOC(=O)C1CCCN(S(=O)(=O)C2CON(C)C2c2ccc(Cl)cc2Cl)C1. The third-order valence-electron chi connectivity index (χ3n) is 5.21. The Labute approximate surface area is 175 Å². The summed E-state index contributed by atoms with van der Waals surface area (Å²) in [7, 11) is -2.05. The van der Waals surface area contributed by atoms with Crippen molar-refractivity contribution in [2.24, 2.45) is 5.92 Å². The van der Waals surface area contributed by atoms with E-state index in [4.69, 9.17) is 32.8 Å². The van der Waals surface area contributed by atoms with E-state index in [1.54, 1.807) is 32.2 Å². The summed E-state index contributed by atoms with van der Waals surface area (Å²) >= 11 is 12.3. The second-order valence-corrected chi connectivity index (χ2v) is 9.98. The standard InChI is InChI=1S/C18H24Cl2N2O5S/c1-3-26-18(23)12-5-4-8-22(10-12)28(24,25)16-11-27-21(2)17(16)14-7-6-13(19)9-15(14)20/h6-7,9,12,16-17H,3-5,8,10-11H2,1-2H3. The number of carbonyl (C=O) groups is 1. The van der Waals surface area contributed by atoms with Gasteiger partial charge in [-0.2, -0.15) is 5.06 Å². The van der Waals surface area contributed by atoms with Crippen LogP contribution >= 0.6 is 23.2 Å². The van der Waals surface area contributed by atoms with Crippen LogP contribution in [0.15, 0.2) is 18.2 Å². The van der Waals surface area contributed by atoms with Gasteiger partial charge in [-0.1, -0.05) is 29.3 Å². The van der Waals surface area contributed by atoms with Gasteiger partial charge in [0.15, 0.2) is 0 Å². The third kappa shape index (κ3) is 4.32. The summed E-state index contributed by atoms with van der Waals surface area (Å²) in [4.78, 5) is 17.7. The van der Waals surface area contributed by atoms with E-state index in [1.807, 2.05) is 0 Å². The van der Waals surface area contributed by atoms with Gasteiger partial charge in [0.25, 0.3) is 0 Å². The molecule has 1 aromatic carbocycles. The minimum absolute atomic E-state index is 0.0169. The first-order valence-electron chi connectivity index (χ1n) is 9.22. The van der Waals surface area contributed by atoms with Crippen molar-refractivity contribution in [3.8, 4) is 0 Å². The van der Waals surface area contributed by atoms with Crippen LogP contribution in [0.1, 0.15) is 31.4 Å². The van der Waals surface area contributed by atoms with Crippen LogP contribution in [0.3, 0.4) is 0 Å². The van der Waals surface area contributed by atoms with E-state index in [9.17, 15) is 13.2 Å². The van der Waals surface area contributed by atoms with E-state index in [0.29, 0.717) is 35.0 Å². The maximum Gasteiger partial charge on any atom is 0.310 e. The minimum Gasteiger partial charge on any atom is -0.466 e. The fourth-order valence-corrected chi connectivity index (χ4v) is 6.35. The first-order valence-corrected chi connectivity index (χ1v) is 11.5. The van der Waals surface area contributed by atoms with Crippen molar-refractivity contribution in [2.45, 2.75) is 31.1 Å². The van der Waals surface area contributed by atoms with Crippen molar-refractivity contribution in [1.29, 1.82) is 0 Å². The van der Waals surface area contributed by atoms with Gasteiger partial charge < -0.3 is 4.74 Å². The number of halogens is 2. The van der Waals surface area contributed by atoms with Crippen molar-refractivity contribution < 1.29 is 22.8 Å². The zero-order valence-corrected chi connectivity index (χ0v) is 18.1. The maximum absolute atomic E-state index is 13.4. The molecule has 10 heteroatoms. The van der Waals surface area contributed by atoms with Gasteiger partial charge in [0.2, 0.25) is 10.0 Å². The average Bonchev–Trinajstić information content (AvgIpc) is 3.04. The number of benzene rings is 1. The van der Waals surface area contributed by atoms with Gasteiger partial charge in [0, 0.05) is 30.2 Å². The summed E-state index contributed by atoms with van der Waals surface area (Å²) in [6.07, 6.45) is 1.23. The van der Waals surface area contributed by atoms with E-state index >= 15 is 0 Å². The highest BCUT2D eigenvalue weighted by atomic mass is 35.5. The Morgan fingerprint density at radius 3 is 2.79 bits per heavy atom. The van der Waals surface area contributed by atoms with Crippen LogP contribution in [-0.2, 0) is 24.4 Å². The summed E-state index contributed by atoms with van der Waals surface area (Å²) in [5.74, 6) is -0.791. The monoisotopic (exact) mass is 450 g/mol. The molecule has 0 aromatic heterocycles. The second kappa shape index (κ2) is 8.85. The lowest BCUT2D eigenvalue weighted by atomic mass is 10.0. The van der Waals surface area contributed by atoms with E-state index in [2.05, 4.69) is 0 Å². The number of piperidine rings is 1. The number of hydrogen-bond acceptors (Lipinski definition) is 6. The van der Waals surface area contributed by atoms with Crippen LogP contribution < -0.4 is 0 Å². The first kappa shape index (κ1) is 21.8. The number of nitrogens with zero attached hydrogens (tertiary/aromatic N) is 2. The fraction of sp³-hybridized carbons (Fsp3) is 0.611. The molecule has 2 aliphatic heterocycles. The Morgan fingerprint density at radius 2 is 2.11 bits per heavy atom. The summed E-state index contributed by atoms with van der Waals surface area (Å²) < 4.78 is 33.3. The van der Waals surface area contributed by atoms with E-state index in [1.165, 1.54) is 9.37 Å².